The van der Waals surface area contributed by atoms with Crippen LogP contribution >= 0.6 is 22.7 Å². The molecular weight excluding hydrogens is 254 g/mol. The maximum absolute atomic E-state index is 5.30. The minimum Gasteiger partial charge on any atom is -0.480 e. The fraction of sp³-hybridized carbons (Fsp3) is 0.182. The lowest BCUT2D eigenvalue weighted by molar-refractivity contribution is 0.395. The lowest BCUT2D eigenvalue weighted by atomic mass is 10.4. The maximum Gasteiger partial charge on any atom is 0.238 e. The highest BCUT2D eigenvalue weighted by Crippen LogP contribution is 2.24. The number of anilines is 1. The zero-order valence-electron chi connectivity index (χ0n) is 9.21. The van der Waals surface area contributed by atoms with E-state index in [1.165, 1.54) is 0 Å². The Labute approximate surface area is 107 Å². The van der Waals surface area contributed by atoms with Crippen LogP contribution in [0, 0.1) is 0 Å². The largest absolute Gasteiger partial charge is 0.480 e. The molecule has 0 aliphatic rings. The Morgan fingerprint density at radius 2 is 2.41 bits per heavy atom. The van der Waals surface area contributed by atoms with Gasteiger partial charge in [0.05, 0.1) is 13.7 Å². The van der Waals surface area contributed by atoms with Crippen molar-refractivity contribution in [1.29, 1.82) is 0 Å². The van der Waals surface area contributed by atoms with E-state index in [4.69, 9.17) is 4.74 Å². The van der Waals surface area contributed by atoms with Crippen LogP contribution < -0.4 is 10.1 Å². The standard InChI is InChI=1S/C11H11N3OS2/c1-15-10-9(6-12-8-2-4-16-7-8)14-3-5-17-11(14)13-10/h2-5,7,12H,6H2,1H3. The molecule has 0 saturated carbocycles. The molecule has 0 amide bonds. The highest BCUT2D eigenvalue weighted by Gasteiger charge is 2.13. The molecule has 3 rings (SSSR count). The topological polar surface area (TPSA) is 38.6 Å². The normalized spacial score (nSPS) is 10.9. The molecule has 1 N–H and O–H groups in total. The second kappa shape index (κ2) is 4.38. The van der Waals surface area contributed by atoms with Crippen LogP contribution in [0.4, 0.5) is 5.69 Å². The number of imidazole rings is 1. The number of fused-ring (bicyclic) bond motifs is 1. The lowest BCUT2D eigenvalue weighted by Gasteiger charge is -2.04. The van der Waals surface area contributed by atoms with Crippen LogP contribution in [0.2, 0.25) is 0 Å². The summed E-state index contributed by atoms with van der Waals surface area (Å²) in [6.45, 7) is 0.706. The Hall–Kier alpha value is -1.53. The Bertz CT molecular complexity index is 612. The molecule has 4 nitrogen and oxygen atoms in total. The van der Waals surface area contributed by atoms with Crippen LogP contribution in [0.3, 0.4) is 0 Å². The van der Waals surface area contributed by atoms with Crippen LogP contribution in [0.15, 0.2) is 28.4 Å². The third kappa shape index (κ3) is 1.89. The highest BCUT2D eigenvalue weighted by atomic mass is 32.1. The monoisotopic (exact) mass is 265 g/mol. The van der Waals surface area contributed by atoms with Crippen molar-refractivity contribution in [2.75, 3.05) is 12.4 Å². The minimum atomic E-state index is 0.694. The summed E-state index contributed by atoms with van der Waals surface area (Å²) in [4.78, 5) is 5.37. The van der Waals surface area contributed by atoms with Gasteiger partial charge < -0.3 is 10.1 Å². The molecule has 0 bridgehead atoms. The third-order valence-electron chi connectivity index (χ3n) is 2.50. The second-order valence-electron chi connectivity index (χ2n) is 3.49. The number of methoxy groups -OCH3 is 1. The number of rotatable bonds is 4. The molecule has 6 heteroatoms. The van der Waals surface area contributed by atoms with Crippen molar-refractivity contribution >= 4 is 33.3 Å². The van der Waals surface area contributed by atoms with Crippen molar-refractivity contribution < 1.29 is 4.74 Å². The zero-order valence-corrected chi connectivity index (χ0v) is 10.8. The summed E-state index contributed by atoms with van der Waals surface area (Å²) in [5.41, 5.74) is 2.18. The van der Waals surface area contributed by atoms with Gasteiger partial charge in [0, 0.05) is 22.6 Å². The van der Waals surface area contributed by atoms with Gasteiger partial charge in [-0.1, -0.05) is 0 Å². The van der Waals surface area contributed by atoms with E-state index < -0.39 is 0 Å². The molecule has 17 heavy (non-hydrogen) atoms. The molecule has 88 valence electrons. The number of hydrogen-bond donors (Lipinski definition) is 1. The lowest BCUT2D eigenvalue weighted by Crippen LogP contribution is -2.02. The van der Waals surface area contributed by atoms with Gasteiger partial charge in [-0.25, -0.2) is 0 Å². The first-order valence-electron chi connectivity index (χ1n) is 5.13. The van der Waals surface area contributed by atoms with E-state index in [0.29, 0.717) is 12.4 Å². The van der Waals surface area contributed by atoms with Crippen LogP contribution in [-0.4, -0.2) is 16.5 Å². The molecule has 0 aliphatic heterocycles. The summed E-state index contributed by atoms with van der Waals surface area (Å²) in [5.74, 6) is 0.694. The first-order valence-corrected chi connectivity index (χ1v) is 6.95. The summed E-state index contributed by atoms with van der Waals surface area (Å²) in [6, 6.07) is 2.06. The molecule has 0 fully saturated rings. The Balaban J connectivity index is 1.89. The number of hydrogen-bond acceptors (Lipinski definition) is 5. The van der Waals surface area contributed by atoms with Gasteiger partial charge in [0.25, 0.3) is 0 Å². The smallest absolute Gasteiger partial charge is 0.238 e. The summed E-state index contributed by atoms with van der Waals surface area (Å²) < 4.78 is 7.35. The Morgan fingerprint density at radius 3 is 3.18 bits per heavy atom. The minimum absolute atomic E-state index is 0.694. The third-order valence-corrected chi connectivity index (χ3v) is 3.94. The van der Waals surface area contributed by atoms with Crippen LogP contribution in [-0.2, 0) is 6.54 Å². The van der Waals surface area contributed by atoms with Crippen molar-refractivity contribution in [3.05, 3.63) is 34.1 Å². The predicted octanol–water partition coefficient (Wildman–Crippen LogP) is 3.08. The zero-order chi connectivity index (χ0) is 11.7. The number of thiazole rings is 1. The number of nitrogens with one attached hydrogen (secondary N) is 1. The second-order valence-corrected chi connectivity index (χ2v) is 5.14. The Kier molecular flexibility index (Phi) is 2.74. The molecule has 3 heterocycles. The highest BCUT2D eigenvalue weighted by molar-refractivity contribution is 7.15. The molecule has 0 radical (unpaired) electrons. The van der Waals surface area contributed by atoms with E-state index in [-0.39, 0.29) is 0 Å². The molecule has 0 aromatic carbocycles. The molecule has 0 spiro atoms. The molecule has 0 atom stereocenters. The first kappa shape index (κ1) is 10.6. The predicted molar refractivity (Wildman–Crippen MR) is 71.3 cm³/mol. The van der Waals surface area contributed by atoms with E-state index >= 15 is 0 Å². The van der Waals surface area contributed by atoms with Gasteiger partial charge in [-0.15, -0.1) is 11.3 Å². The maximum atomic E-state index is 5.30. The van der Waals surface area contributed by atoms with Gasteiger partial charge in [0.1, 0.15) is 5.69 Å². The fourth-order valence-electron chi connectivity index (χ4n) is 1.69. The van der Waals surface area contributed by atoms with Crippen LogP contribution in [0.5, 0.6) is 5.88 Å². The molecule has 3 aromatic rings. The number of ether oxygens (including phenoxy) is 1. The van der Waals surface area contributed by atoms with Gasteiger partial charge >= 0.3 is 0 Å². The van der Waals surface area contributed by atoms with E-state index in [1.807, 2.05) is 11.6 Å². The van der Waals surface area contributed by atoms with Crippen LogP contribution in [0.25, 0.3) is 4.96 Å². The van der Waals surface area contributed by atoms with Crippen molar-refractivity contribution in [2.45, 2.75) is 6.54 Å². The molecule has 0 aliphatic carbocycles. The molecule has 3 aromatic heterocycles. The fourth-order valence-corrected chi connectivity index (χ4v) is 3.02. The number of nitrogens with zero attached hydrogens (tertiary/aromatic N) is 2. The molecule has 0 unspecified atom stereocenters. The average molecular weight is 265 g/mol. The van der Waals surface area contributed by atoms with Gasteiger partial charge in [0.2, 0.25) is 5.88 Å². The number of aromatic nitrogens is 2. The van der Waals surface area contributed by atoms with E-state index in [1.54, 1.807) is 29.8 Å². The number of thiophene rings is 1. The van der Waals surface area contributed by atoms with E-state index in [2.05, 4.69) is 31.5 Å². The molecule has 0 saturated heterocycles. The van der Waals surface area contributed by atoms with Gasteiger partial charge in [-0.05, 0) is 11.4 Å². The quantitative estimate of drug-likeness (QED) is 0.788. The van der Waals surface area contributed by atoms with Crippen molar-refractivity contribution in [3.63, 3.8) is 0 Å². The summed E-state index contributed by atoms with van der Waals surface area (Å²) in [6.07, 6.45) is 2.01. The van der Waals surface area contributed by atoms with Crippen molar-refractivity contribution in [2.24, 2.45) is 0 Å². The van der Waals surface area contributed by atoms with E-state index in [0.717, 1.165) is 16.3 Å². The van der Waals surface area contributed by atoms with Gasteiger partial charge in [0.15, 0.2) is 4.96 Å². The van der Waals surface area contributed by atoms with Gasteiger partial charge in [-0.2, -0.15) is 16.3 Å². The first-order chi connectivity index (χ1) is 8.38. The Morgan fingerprint density at radius 1 is 1.47 bits per heavy atom. The summed E-state index contributed by atoms with van der Waals surface area (Å²) >= 11 is 3.29. The van der Waals surface area contributed by atoms with Crippen molar-refractivity contribution in [1.82, 2.24) is 9.38 Å². The molecular formula is C11H11N3OS2. The summed E-state index contributed by atoms with van der Waals surface area (Å²) in [5, 5.41) is 9.51. The van der Waals surface area contributed by atoms with Gasteiger partial charge in [-0.3, -0.25) is 4.40 Å². The van der Waals surface area contributed by atoms with E-state index in [9.17, 15) is 0 Å². The average Bonchev–Trinajstić information content (AvgIpc) is 3.03. The van der Waals surface area contributed by atoms with Crippen LogP contribution in [0.1, 0.15) is 5.69 Å². The van der Waals surface area contributed by atoms with Crippen molar-refractivity contribution in [3.8, 4) is 5.88 Å². The SMILES string of the molecule is COc1nc2sccn2c1CNc1ccsc1. The summed E-state index contributed by atoms with van der Waals surface area (Å²) in [7, 11) is 1.65.